The van der Waals surface area contributed by atoms with Crippen molar-refractivity contribution in [2.75, 3.05) is 19.7 Å². The molecule has 7 nitrogen and oxygen atoms in total. The van der Waals surface area contributed by atoms with E-state index < -0.39 is 0 Å². The van der Waals surface area contributed by atoms with Crippen molar-refractivity contribution < 1.29 is 23.2 Å². The van der Waals surface area contributed by atoms with Gasteiger partial charge in [-0.15, -0.1) is 0 Å². The summed E-state index contributed by atoms with van der Waals surface area (Å²) >= 11 is 0. The Morgan fingerprint density at radius 1 is 1.13 bits per heavy atom. The molecule has 31 heavy (non-hydrogen) atoms. The summed E-state index contributed by atoms with van der Waals surface area (Å²) in [5, 5.41) is 4.09. The fourth-order valence-corrected chi connectivity index (χ4v) is 3.50. The molecule has 1 unspecified atom stereocenters. The first kappa shape index (κ1) is 21.0. The standard InChI is InChI=1S/C23H24FN3O4/c24-19-8-10-20(11-9-19)30-16-22(28)27-12-4-7-18(13-27)23-25-21(31-26-23)15-29-14-17-5-2-1-3-6-17/h1-3,5-6,8-11,18H,4,7,12-16H2. The molecule has 1 aliphatic rings. The molecule has 1 amide bonds. The van der Waals surface area contributed by atoms with Crippen LogP contribution < -0.4 is 4.74 Å². The van der Waals surface area contributed by atoms with Gasteiger partial charge in [0.05, 0.1) is 6.61 Å². The number of amides is 1. The van der Waals surface area contributed by atoms with E-state index in [2.05, 4.69) is 10.1 Å². The third-order valence-electron chi connectivity index (χ3n) is 5.14. The van der Waals surface area contributed by atoms with Crippen LogP contribution in [0.1, 0.15) is 36.0 Å². The van der Waals surface area contributed by atoms with E-state index >= 15 is 0 Å². The van der Waals surface area contributed by atoms with Crippen molar-refractivity contribution >= 4 is 5.91 Å². The summed E-state index contributed by atoms with van der Waals surface area (Å²) in [6.07, 6.45) is 1.73. The number of aromatic nitrogens is 2. The quantitative estimate of drug-likeness (QED) is 0.548. The van der Waals surface area contributed by atoms with Crippen molar-refractivity contribution in [3.05, 3.63) is 77.7 Å². The molecule has 0 bridgehead atoms. The van der Waals surface area contributed by atoms with Crippen molar-refractivity contribution in [2.24, 2.45) is 0 Å². The maximum absolute atomic E-state index is 13.0. The minimum Gasteiger partial charge on any atom is -0.484 e. The highest BCUT2D eigenvalue weighted by atomic mass is 19.1. The zero-order chi connectivity index (χ0) is 21.5. The molecule has 2 aromatic carbocycles. The number of ether oxygens (including phenoxy) is 2. The fraction of sp³-hybridized carbons (Fsp3) is 0.348. The van der Waals surface area contributed by atoms with Crippen LogP contribution >= 0.6 is 0 Å². The summed E-state index contributed by atoms with van der Waals surface area (Å²) in [5.74, 6) is 1.02. The number of carbonyl (C=O) groups is 1. The predicted octanol–water partition coefficient (Wildman–Crippen LogP) is 3.71. The van der Waals surface area contributed by atoms with Crippen LogP contribution in [0.2, 0.25) is 0 Å². The molecule has 1 atom stereocenters. The van der Waals surface area contributed by atoms with Gasteiger partial charge in [-0.3, -0.25) is 4.79 Å². The predicted molar refractivity (Wildman–Crippen MR) is 110 cm³/mol. The van der Waals surface area contributed by atoms with Gasteiger partial charge in [0.25, 0.3) is 11.8 Å². The molecule has 8 heteroatoms. The number of rotatable bonds is 8. The van der Waals surface area contributed by atoms with Crippen LogP contribution in [0.3, 0.4) is 0 Å². The molecule has 3 aromatic rings. The van der Waals surface area contributed by atoms with Crippen LogP contribution in [-0.4, -0.2) is 40.6 Å². The largest absolute Gasteiger partial charge is 0.484 e. The van der Waals surface area contributed by atoms with Crippen LogP contribution in [0.25, 0.3) is 0 Å². The Morgan fingerprint density at radius 2 is 1.94 bits per heavy atom. The first-order valence-electron chi connectivity index (χ1n) is 10.3. The molecule has 0 aliphatic carbocycles. The first-order valence-corrected chi connectivity index (χ1v) is 10.3. The molecule has 1 aliphatic heterocycles. The van der Waals surface area contributed by atoms with E-state index in [1.165, 1.54) is 24.3 Å². The summed E-state index contributed by atoms with van der Waals surface area (Å²) < 4.78 is 29.4. The molecule has 4 rings (SSSR count). The average molecular weight is 425 g/mol. The van der Waals surface area contributed by atoms with E-state index in [9.17, 15) is 9.18 Å². The molecule has 162 valence electrons. The molecule has 0 N–H and O–H groups in total. The van der Waals surface area contributed by atoms with Gasteiger partial charge >= 0.3 is 0 Å². The lowest BCUT2D eigenvalue weighted by molar-refractivity contribution is -0.134. The van der Waals surface area contributed by atoms with Crippen LogP contribution in [0.4, 0.5) is 4.39 Å². The summed E-state index contributed by atoms with van der Waals surface area (Å²) in [5.41, 5.74) is 1.08. The van der Waals surface area contributed by atoms with Crippen LogP contribution in [0.15, 0.2) is 59.1 Å². The number of benzene rings is 2. The van der Waals surface area contributed by atoms with Gasteiger partial charge in [0.15, 0.2) is 12.4 Å². The Hall–Kier alpha value is -3.26. The Morgan fingerprint density at radius 3 is 2.74 bits per heavy atom. The lowest BCUT2D eigenvalue weighted by Crippen LogP contribution is -2.41. The van der Waals surface area contributed by atoms with Gasteiger partial charge in [-0.1, -0.05) is 35.5 Å². The van der Waals surface area contributed by atoms with Crippen molar-refractivity contribution in [3.8, 4) is 5.75 Å². The Balaban J connectivity index is 1.26. The van der Waals surface area contributed by atoms with E-state index in [0.29, 0.717) is 37.2 Å². The Bertz CT molecular complexity index is 978. The van der Waals surface area contributed by atoms with E-state index in [1.54, 1.807) is 4.90 Å². The van der Waals surface area contributed by atoms with Crippen molar-refractivity contribution in [1.82, 2.24) is 15.0 Å². The number of likely N-dealkylation sites (tertiary alicyclic amines) is 1. The van der Waals surface area contributed by atoms with E-state index in [1.807, 2.05) is 30.3 Å². The molecule has 0 radical (unpaired) electrons. The lowest BCUT2D eigenvalue weighted by Gasteiger charge is -2.31. The maximum atomic E-state index is 13.0. The second-order valence-corrected chi connectivity index (χ2v) is 7.45. The van der Waals surface area contributed by atoms with E-state index in [0.717, 1.165) is 18.4 Å². The minimum atomic E-state index is -0.345. The summed E-state index contributed by atoms with van der Waals surface area (Å²) in [6.45, 7) is 1.78. The molecule has 1 fully saturated rings. The maximum Gasteiger partial charge on any atom is 0.260 e. The Kier molecular flexibility index (Phi) is 6.89. The summed E-state index contributed by atoms with van der Waals surface area (Å²) in [6, 6.07) is 15.5. The third kappa shape index (κ3) is 5.88. The smallest absolute Gasteiger partial charge is 0.260 e. The lowest BCUT2D eigenvalue weighted by atomic mass is 9.97. The molecular weight excluding hydrogens is 401 g/mol. The molecule has 0 saturated carbocycles. The van der Waals surface area contributed by atoms with Gasteiger partial charge in [0.1, 0.15) is 18.2 Å². The van der Waals surface area contributed by atoms with Crippen molar-refractivity contribution in [3.63, 3.8) is 0 Å². The molecule has 1 aromatic heterocycles. The van der Waals surface area contributed by atoms with Crippen LogP contribution in [0.5, 0.6) is 5.75 Å². The third-order valence-corrected chi connectivity index (χ3v) is 5.14. The number of nitrogens with zero attached hydrogens (tertiary/aromatic N) is 3. The van der Waals surface area contributed by atoms with Crippen LogP contribution in [0, 0.1) is 5.82 Å². The first-order chi connectivity index (χ1) is 15.2. The number of hydrogen-bond acceptors (Lipinski definition) is 6. The van der Waals surface area contributed by atoms with Gasteiger partial charge in [0, 0.05) is 19.0 Å². The molecule has 1 saturated heterocycles. The highest BCUT2D eigenvalue weighted by Gasteiger charge is 2.28. The molecular formula is C23H24FN3O4. The number of piperidine rings is 1. The number of halogens is 1. The summed E-state index contributed by atoms with van der Waals surface area (Å²) in [7, 11) is 0. The second kappa shape index (κ2) is 10.2. The monoisotopic (exact) mass is 425 g/mol. The number of carbonyl (C=O) groups excluding carboxylic acids is 1. The van der Waals surface area contributed by atoms with E-state index in [-0.39, 0.29) is 30.9 Å². The fourth-order valence-electron chi connectivity index (χ4n) is 3.50. The van der Waals surface area contributed by atoms with Crippen LogP contribution in [-0.2, 0) is 22.7 Å². The van der Waals surface area contributed by atoms with Gasteiger partial charge in [-0.25, -0.2) is 4.39 Å². The van der Waals surface area contributed by atoms with Gasteiger partial charge in [-0.05, 0) is 42.7 Å². The topological polar surface area (TPSA) is 77.7 Å². The summed E-state index contributed by atoms with van der Waals surface area (Å²) in [4.78, 5) is 18.7. The average Bonchev–Trinajstić information content (AvgIpc) is 3.28. The molecule has 0 spiro atoms. The van der Waals surface area contributed by atoms with Gasteiger partial charge < -0.3 is 18.9 Å². The zero-order valence-electron chi connectivity index (χ0n) is 17.1. The number of hydrogen-bond donors (Lipinski definition) is 0. The van der Waals surface area contributed by atoms with Crippen molar-refractivity contribution in [2.45, 2.75) is 32.0 Å². The minimum absolute atomic E-state index is 0.00939. The highest BCUT2D eigenvalue weighted by molar-refractivity contribution is 5.78. The highest BCUT2D eigenvalue weighted by Crippen LogP contribution is 2.25. The van der Waals surface area contributed by atoms with Gasteiger partial charge in [-0.2, -0.15) is 4.98 Å². The van der Waals surface area contributed by atoms with E-state index in [4.69, 9.17) is 14.0 Å². The zero-order valence-corrected chi connectivity index (χ0v) is 17.1. The molecule has 2 heterocycles. The van der Waals surface area contributed by atoms with Crippen molar-refractivity contribution in [1.29, 1.82) is 0 Å². The normalized spacial score (nSPS) is 16.3. The SMILES string of the molecule is O=C(COc1ccc(F)cc1)N1CCCC(c2noc(COCc3ccccc3)n2)C1. The second-order valence-electron chi connectivity index (χ2n) is 7.45. The van der Waals surface area contributed by atoms with Gasteiger partial charge in [0.2, 0.25) is 0 Å². The Labute approximate surface area is 179 Å².